The summed E-state index contributed by atoms with van der Waals surface area (Å²) in [5.41, 5.74) is 0.891. The Morgan fingerprint density at radius 1 is 1.38 bits per heavy atom. The van der Waals surface area contributed by atoms with E-state index in [2.05, 4.69) is 27.7 Å². The first-order valence-corrected chi connectivity index (χ1v) is 5.43. The first-order valence-electron chi connectivity index (χ1n) is 5.43. The highest BCUT2D eigenvalue weighted by Crippen LogP contribution is 2.66. The van der Waals surface area contributed by atoms with Crippen molar-refractivity contribution in [2.75, 3.05) is 6.61 Å². The van der Waals surface area contributed by atoms with E-state index in [0.717, 1.165) is 5.92 Å². The molecule has 0 spiro atoms. The smallest absolute Gasteiger partial charge is 0.0636 e. The van der Waals surface area contributed by atoms with E-state index in [0.29, 0.717) is 23.5 Å². The fourth-order valence-electron chi connectivity index (χ4n) is 3.52. The zero-order chi connectivity index (χ0) is 9.69. The molecule has 0 aromatic rings. The molecule has 1 nitrogen and oxygen atoms in total. The molecule has 0 N–H and O–H groups in total. The first-order chi connectivity index (χ1) is 6.02. The SMILES string of the molecule is [CH2]COC1C[C@H]2CC[C@@]1(C)C2(C)C. The maximum atomic E-state index is 5.76. The summed E-state index contributed by atoms with van der Waals surface area (Å²) in [7, 11) is 0. The minimum Gasteiger partial charge on any atom is -0.378 e. The molecule has 0 aromatic heterocycles. The maximum Gasteiger partial charge on any atom is 0.0636 e. The number of ether oxygens (including phenoxy) is 1. The summed E-state index contributed by atoms with van der Waals surface area (Å²) in [6.45, 7) is 11.6. The van der Waals surface area contributed by atoms with E-state index in [1.807, 2.05) is 0 Å². The first kappa shape index (κ1) is 9.51. The quantitative estimate of drug-likeness (QED) is 0.636. The largest absolute Gasteiger partial charge is 0.378 e. The highest BCUT2D eigenvalue weighted by molar-refractivity contribution is 5.11. The molecule has 2 saturated carbocycles. The number of hydrogen-bond acceptors (Lipinski definition) is 1. The third-order valence-corrected chi connectivity index (χ3v) is 5.03. The van der Waals surface area contributed by atoms with E-state index < -0.39 is 0 Å². The monoisotopic (exact) mass is 181 g/mol. The average molecular weight is 181 g/mol. The summed E-state index contributed by atoms with van der Waals surface area (Å²) in [5.74, 6) is 0.883. The van der Waals surface area contributed by atoms with E-state index in [4.69, 9.17) is 4.74 Å². The van der Waals surface area contributed by atoms with Crippen LogP contribution in [0.4, 0.5) is 0 Å². The highest BCUT2D eigenvalue weighted by Gasteiger charge is 2.61. The zero-order valence-electron chi connectivity index (χ0n) is 9.10. The Balaban J connectivity index is 2.22. The van der Waals surface area contributed by atoms with Crippen LogP contribution in [0, 0.1) is 23.7 Å². The Labute approximate surface area is 81.9 Å². The van der Waals surface area contributed by atoms with Gasteiger partial charge in [0.05, 0.1) is 6.10 Å². The van der Waals surface area contributed by atoms with Crippen molar-refractivity contribution in [2.45, 2.75) is 46.1 Å². The van der Waals surface area contributed by atoms with Gasteiger partial charge >= 0.3 is 0 Å². The molecule has 2 aliphatic carbocycles. The van der Waals surface area contributed by atoms with Gasteiger partial charge in [-0.1, -0.05) is 20.8 Å². The lowest BCUT2D eigenvalue weighted by Crippen LogP contribution is -2.37. The lowest BCUT2D eigenvalue weighted by Gasteiger charge is -2.38. The normalized spacial score (nSPS) is 47.1. The second kappa shape index (κ2) is 2.73. The molecule has 1 unspecified atom stereocenters. The van der Waals surface area contributed by atoms with Crippen LogP contribution < -0.4 is 0 Å². The lowest BCUT2D eigenvalue weighted by molar-refractivity contribution is -0.0358. The summed E-state index contributed by atoms with van der Waals surface area (Å²) in [4.78, 5) is 0. The second-order valence-electron chi connectivity index (χ2n) is 5.47. The summed E-state index contributed by atoms with van der Waals surface area (Å²) >= 11 is 0. The Kier molecular flexibility index (Phi) is 1.99. The molecule has 0 aromatic carbocycles. The van der Waals surface area contributed by atoms with Crippen LogP contribution in [0.5, 0.6) is 0 Å². The fourth-order valence-corrected chi connectivity index (χ4v) is 3.52. The van der Waals surface area contributed by atoms with Crippen molar-refractivity contribution in [1.82, 2.24) is 0 Å². The van der Waals surface area contributed by atoms with Crippen LogP contribution in [0.1, 0.15) is 40.0 Å². The van der Waals surface area contributed by atoms with Gasteiger partial charge in [0.25, 0.3) is 0 Å². The topological polar surface area (TPSA) is 9.23 Å². The molecule has 2 rings (SSSR count). The molecular weight excluding hydrogens is 160 g/mol. The molecule has 0 heterocycles. The van der Waals surface area contributed by atoms with Crippen LogP contribution in [0.25, 0.3) is 0 Å². The number of fused-ring (bicyclic) bond motifs is 2. The minimum atomic E-state index is 0.412. The highest BCUT2D eigenvalue weighted by atomic mass is 16.5. The van der Waals surface area contributed by atoms with Gasteiger partial charge < -0.3 is 4.74 Å². The Bertz CT molecular complexity index is 209. The molecule has 2 fully saturated rings. The van der Waals surface area contributed by atoms with Gasteiger partial charge in [-0.2, -0.15) is 0 Å². The van der Waals surface area contributed by atoms with Crippen LogP contribution in [-0.4, -0.2) is 12.7 Å². The second-order valence-corrected chi connectivity index (χ2v) is 5.47. The van der Waals surface area contributed by atoms with Crippen molar-refractivity contribution >= 4 is 0 Å². The van der Waals surface area contributed by atoms with Gasteiger partial charge in [0.15, 0.2) is 0 Å². The predicted molar refractivity (Wildman–Crippen MR) is 54.3 cm³/mol. The van der Waals surface area contributed by atoms with E-state index in [1.54, 1.807) is 0 Å². The Morgan fingerprint density at radius 3 is 2.46 bits per heavy atom. The molecule has 2 bridgehead atoms. The molecule has 75 valence electrons. The summed E-state index contributed by atoms with van der Waals surface area (Å²) < 4.78 is 5.76. The van der Waals surface area contributed by atoms with Gasteiger partial charge in [0.1, 0.15) is 0 Å². The van der Waals surface area contributed by atoms with Gasteiger partial charge in [0, 0.05) is 6.61 Å². The molecular formula is C12H21O. The van der Waals surface area contributed by atoms with Crippen molar-refractivity contribution in [2.24, 2.45) is 16.7 Å². The van der Waals surface area contributed by atoms with Crippen LogP contribution in [0.2, 0.25) is 0 Å². The molecule has 13 heavy (non-hydrogen) atoms. The average Bonchev–Trinajstić information content (AvgIpc) is 2.37. The van der Waals surface area contributed by atoms with Gasteiger partial charge in [-0.15, -0.1) is 0 Å². The molecule has 2 aliphatic rings. The van der Waals surface area contributed by atoms with Crippen molar-refractivity contribution in [3.05, 3.63) is 6.92 Å². The van der Waals surface area contributed by atoms with Crippen LogP contribution in [0.15, 0.2) is 0 Å². The van der Waals surface area contributed by atoms with Crippen LogP contribution in [-0.2, 0) is 4.74 Å². The number of rotatable bonds is 2. The summed E-state index contributed by atoms with van der Waals surface area (Å²) in [6, 6.07) is 0. The molecule has 3 atom stereocenters. The molecule has 0 amide bonds. The summed E-state index contributed by atoms with van der Waals surface area (Å²) in [6.07, 6.45) is 4.48. The van der Waals surface area contributed by atoms with E-state index >= 15 is 0 Å². The molecule has 0 saturated heterocycles. The standard InChI is InChI=1S/C12H21O/c1-5-13-10-8-9-6-7-12(10,4)11(9,2)3/h9-10H,1,5-8H2,2-4H3/t9-,10?,12-/m1/s1. The van der Waals surface area contributed by atoms with E-state index in [-0.39, 0.29) is 0 Å². The molecule has 1 radical (unpaired) electrons. The maximum absolute atomic E-state index is 5.76. The van der Waals surface area contributed by atoms with Crippen molar-refractivity contribution in [3.8, 4) is 0 Å². The van der Waals surface area contributed by atoms with Gasteiger partial charge in [-0.25, -0.2) is 0 Å². The van der Waals surface area contributed by atoms with Crippen molar-refractivity contribution < 1.29 is 4.74 Å². The van der Waals surface area contributed by atoms with Gasteiger partial charge in [-0.3, -0.25) is 0 Å². The van der Waals surface area contributed by atoms with Crippen LogP contribution >= 0.6 is 0 Å². The number of hydrogen-bond donors (Lipinski definition) is 0. The van der Waals surface area contributed by atoms with E-state index in [9.17, 15) is 0 Å². The fraction of sp³-hybridized carbons (Fsp3) is 0.917. The van der Waals surface area contributed by atoms with Crippen molar-refractivity contribution in [1.29, 1.82) is 0 Å². The third kappa shape index (κ3) is 1.03. The Hall–Kier alpha value is -0.0400. The predicted octanol–water partition coefficient (Wildman–Crippen LogP) is 3.05. The lowest BCUT2D eigenvalue weighted by atomic mass is 9.70. The van der Waals surface area contributed by atoms with Crippen LogP contribution in [0.3, 0.4) is 0 Å². The van der Waals surface area contributed by atoms with E-state index in [1.165, 1.54) is 19.3 Å². The Morgan fingerprint density at radius 2 is 2.08 bits per heavy atom. The minimum absolute atomic E-state index is 0.412. The molecule has 0 aliphatic heterocycles. The zero-order valence-corrected chi connectivity index (χ0v) is 9.10. The third-order valence-electron chi connectivity index (χ3n) is 5.03. The summed E-state index contributed by atoms with van der Waals surface area (Å²) in [5, 5.41) is 0. The van der Waals surface area contributed by atoms with Gasteiger partial charge in [0.2, 0.25) is 0 Å². The van der Waals surface area contributed by atoms with Crippen molar-refractivity contribution in [3.63, 3.8) is 0 Å². The van der Waals surface area contributed by atoms with Gasteiger partial charge in [-0.05, 0) is 42.9 Å². The molecule has 1 heteroatoms.